The van der Waals surface area contributed by atoms with E-state index in [1.54, 1.807) is 18.6 Å². The van der Waals surface area contributed by atoms with Crippen LogP contribution in [0.15, 0.2) is 39.6 Å². The molecule has 1 saturated heterocycles. The van der Waals surface area contributed by atoms with E-state index in [4.69, 9.17) is 8.83 Å². The molecule has 0 unspecified atom stereocenters. The van der Waals surface area contributed by atoms with Crippen molar-refractivity contribution < 1.29 is 18.7 Å². The Hall–Kier alpha value is -2.09. The topological polar surface area (TPSA) is 73.3 Å². The van der Waals surface area contributed by atoms with Gasteiger partial charge in [-0.2, -0.15) is 0 Å². The molecule has 0 saturated carbocycles. The van der Waals surface area contributed by atoms with Crippen LogP contribution in [0.3, 0.4) is 0 Å². The van der Waals surface area contributed by atoms with Crippen molar-refractivity contribution >= 4 is 5.91 Å². The van der Waals surface area contributed by atoms with Crippen molar-refractivity contribution in [1.29, 1.82) is 0 Å². The van der Waals surface area contributed by atoms with Gasteiger partial charge >= 0.3 is 0 Å². The quantitative estimate of drug-likeness (QED) is 0.808. The molecule has 26 heavy (non-hydrogen) atoms. The average Bonchev–Trinajstić information content (AvgIpc) is 3.27. The molecule has 1 aliphatic heterocycles. The van der Waals surface area contributed by atoms with Crippen LogP contribution < -0.4 is 0 Å². The number of aliphatic hydroxyl groups excluding tert-OH is 1. The molecule has 0 aromatic carbocycles. The fraction of sp³-hybridized carbons (Fsp3) is 0.526. The van der Waals surface area contributed by atoms with Crippen LogP contribution >= 0.6 is 0 Å². The molecule has 0 radical (unpaired) electrons. The summed E-state index contributed by atoms with van der Waals surface area (Å²) in [5, 5.41) is 9.42. The molecule has 1 N–H and O–H groups in total. The van der Waals surface area contributed by atoms with E-state index in [-0.39, 0.29) is 18.6 Å². The van der Waals surface area contributed by atoms with Crippen molar-refractivity contribution in [1.82, 2.24) is 14.7 Å². The minimum Gasteiger partial charge on any atom is -0.472 e. The van der Waals surface area contributed by atoms with Gasteiger partial charge in [-0.05, 0) is 38.7 Å². The van der Waals surface area contributed by atoms with E-state index < -0.39 is 0 Å². The molecule has 7 nitrogen and oxygen atoms in total. The second kappa shape index (κ2) is 8.53. The zero-order valence-electron chi connectivity index (χ0n) is 15.4. The monoisotopic (exact) mass is 361 g/mol. The summed E-state index contributed by atoms with van der Waals surface area (Å²) in [6.07, 6.45) is 4.03. The van der Waals surface area contributed by atoms with Crippen LogP contribution in [0.1, 0.15) is 28.3 Å². The third kappa shape index (κ3) is 4.55. The largest absolute Gasteiger partial charge is 0.472 e. The lowest BCUT2D eigenvalue weighted by Gasteiger charge is -2.41. The highest BCUT2D eigenvalue weighted by Gasteiger charge is 2.31. The van der Waals surface area contributed by atoms with Gasteiger partial charge in [-0.15, -0.1) is 0 Å². The fourth-order valence-corrected chi connectivity index (χ4v) is 3.37. The third-order valence-corrected chi connectivity index (χ3v) is 4.66. The van der Waals surface area contributed by atoms with Gasteiger partial charge in [-0.3, -0.25) is 9.69 Å². The van der Waals surface area contributed by atoms with Crippen molar-refractivity contribution in [2.45, 2.75) is 25.6 Å². The van der Waals surface area contributed by atoms with Crippen molar-refractivity contribution in [3.63, 3.8) is 0 Å². The lowest BCUT2D eigenvalue weighted by molar-refractivity contribution is 0.0370. The molecule has 142 valence electrons. The minimum atomic E-state index is -0.0825. The Kier molecular flexibility index (Phi) is 6.13. The van der Waals surface area contributed by atoms with Crippen molar-refractivity contribution in [3.05, 3.63) is 47.8 Å². The Morgan fingerprint density at radius 3 is 2.85 bits per heavy atom. The number of furan rings is 2. The number of amides is 1. The SMILES string of the molecule is CN(C)Cc1ccc(C(=O)N2CCN(Cc3ccoc3)[C@@H](CCO)C2)o1. The predicted octanol–water partition coefficient (Wildman–Crippen LogP) is 1.64. The highest BCUT2D eigenvalue weighted by atomic mass is 16.4. The molecule has 1 amide bonds. The molecule has 0 aliphatic carbocycles. The van der Waals surface area contributed by atoms with Crippen LogP contribution in [-0.4, -0.2) is 72.1 Å². The number of carbonyl (C=O) groups is 1. The molecular weight excluding hydrogens is 334 g/mol. The van der Waals surface area contributed by atoms with E-state index in [0.717, 1.165) is 24.4 Å². The molecule has 3 heterocycles. The number of hydrogen-bond donors (Lipinski definition) is 1. The Balaban J connectivity index is 1.64. The first kappa shape index (κ1) is 18.7. The number of piperazine rings is 1. The van der Waals surface area contributed by atoms with E-state index >= 15 is 0 Å². The van der Waals surface area contributed by atoms with Gasteiger partial charge in [0.05, 0.1) is 19.1 Å². The number of nitrogens with zero attached hydrogens (tertiary/aromatic N) is 3. The molecule has 0 spiro atoms. The minimum absolute atomic E-state index is 0.0825. The standard InChI is InChI=1S/C19H27N3O4/c1-20(2)13-17-3-4-18(26-17)19(24)22-8-7-21(16(12-22)5-9-23)11-15-6-10-25-14-15/h3-4,6,10,14,16,23H,5,7-9,11-13H2,1-2H3/t16-/m0/s1. The summed E-state index contributed by atoms with van der Waals surface area (Å²) in [7, 11) is 3.92. The molecular formula is C19H27N3O4. The maximum atomic E-state index is 12.8. The van der Waals surface area contributed by atoms with Gasteiger partial charge in [0.2, 0.25) is 0 Å². The summed E-state index contributed by atoms with van der Waals surface area (Å²) in [6.45, 7) is 3.51. The van der Waals surface area contributed by atoms with Crippen LogP contribution in [0.2, 0.25) is 0 Å². The van der Waals surface area contributed by atoms with Crippen molar-refractivity contribution in [2.75, 3.05) is 40.3 Å². The number of rotatable bonds is 7. The maximum Gasteiger partial charge on any atom is 0.289 e. The van der Waals surface area contributed by atoms with Crippen LogP contribution in [0.25, 0.3) is 0 Å². The highest BCUT2D eigenvalue weighted by Crippen LogP contribution is 2.20. The maximum absolute atomic E-state index is 12.8. The predicted molar refractivity (Wildman–Crippen MR) is 96.6 cm³/mol. The molecule has 3 rings (SSSR count). The normalized spacial score (nSPS) is 18.6. The van der Waals surface area contributed by atoms with Gasteiger partial charge in [-0.25, -0.2) is 0 Å². The number of carbonyl (C=O) groups excluding carboxylic acids is 1. The van der Waals surface area contributed by atoms with Crippen LogP contribution in [0.4, 0.5) is 0 Å². The highest BCUT2D eigenvalue weighted by molar-refractivity contribution is 5.91. The van der Waals surface area contributed by atoms with Gasteiger partial charge in [0.15, 0.2) is 5.76 Å². The first-order valence-corrected chi connectivity index (χ1v) is 8.95. The molecule has 0 bridgehead atoms. The molecule has 2 aromatic heterocycles. The van der Waals surface area contributed by atoms with Crippen LogP contribution in [0, 0.1) is 0 Å². The lowest BCUT2D eigenvalue weighted by atomic mass is 10.1. The van der Waals surface area contributed by atoms with Crippen LogP contribution in [0.5, 0.6) is 0 Å². The first-order valence-electron chi connectivity index (χ1n) is 8.95. The molecule has 1 fully saturated rings. The summed E-state index contributed by atoms with van der Waals surface area (Å²) in [4.78, 5) is 18.9. The molecule has 1 aliphatic rings. The smallest absolute Gasteiger partial charge is 0.289 e. The molecule has 2 aromatic rings. The summed E-state index contributed by atoms with van der Waals surface area (Å²) in [6, 6.07) is 5.67. The van der Waals surface area contributed by atoms with E-state index in [2.05, 4.69) is 4.90 Å². The van der Waals surface area contributed by atoms with Crippen LogP contribution in [-0.2, 0) is 13.1 Å². The Labute approximate surface area is 153 Å². The van der Waals surface area contributed by atoms with Crippen molar-refractivity contribution in [2.24, 2.45) is 0 Å². The van der Waals surface area contributed by atoms with Gasteiger partial charge in [0, 0.05) is 44.4 Å². The lowest BCUT2D eigenvalue weighted by Crippen LogP contribution is -2.54. The molecule has 7 heteroatoms. The van der Waals surface area contributed by atoms with E-state index in [9.17, 15) is 9.90 Å². The van der Waals surface area contributed by atoms with Gasteiger partial charge in [-0.1, -0.05) is 0 Å². The zero-order chi connectivity index (χ0) is 18.5. The second-order valence-electron chi connectivity index (χ2n) is 7.02. The number of aliphatic hydroxyl groups is 1. The Morgan fingerprint density at radius 1 is 1.31 bits per heavy atom. The average molecular weight is 361 g/mol. The van der Waals surface area contributed by atoms with Gasteiger partial charge < -0.3 is 23.7 Å². The van der Waals surface area contributed by atoms with E-state index in [1.807, 2.05) is 36.0 Å². The van der Waals surface area contributed by atoms with E-state index in [1.165, 1.54) is 0 Å². The van der Waals surface area contributed by atoms with E-state index in [0.29, 0.717) is 31.8 Å². The second-order valence-corrected chi connectivity index (χ2v) is 7.02. The number of hydrogen-bond acceptors (Lipinski definition) is 6. The summed E-state index contributed by atoms with van der Waals surface area (Å²) in [5.74, 6) is 1.08. The summed E-state index contributed by atoms with van der Waals surface area (Å²) < 4.78 is 10.9. The van der Waals surface area contributed by atoms with Gasteiger partial charge in [0.25, 0.3) is 5.91 Å². The summed E-state index contributed by atoms with van der Waals surface area (Å²) in [5.41, 5.74) is 1.10. The third-order valence-electron chi connectivity index (χ3n) is 4.66. The van der Waals surface area contributed by atoms with Gasteiger partial charge in [0.1, 0.15) is 5.76 Å². The Morgan fingerprint density at radius 2 is 2.15 bits per heavy atom. The van der Waals surface area contributed by atoms with Crippen molar-refractivity contribution in [3.8, 4) is 0 Å². The summed E-state index contributed by atoms with van der Waals surface area (Å²) >= 11 is 0. The first-order chi connectivity index (χ1) is 12.6. The Bertz CT molecular complexity index is 695. The zero-order valence-corrected chi connectivity index (χ0v) is 15.4. The fourth-order valence-electron chi connectivity index (χ4n) is 3.37. The molecule has 1 atom stereocenters.